The fraction of sp³-hybridized carbons (Fsp3) is 0.300. The van der Waals surface area contributed by atoms with Gasteiger partial charge in [0.25, 0.3) is 0 Å². The van der Waals surface area contributed by atoms with Crippen LogP contribution in [0, 0.1) is 0 Å². The lowest BCUT2D eigenvalue weighted by atomic mass is 10.2. The lowest BCUT2D eigenvalue weighted by Crippen LogP contribution is -2.36. The average molecular weight is 210 g/mol. The third-order valence-electron chi connectivity index (χ3n) is 1.93. The van der Waals surface area contributed by atoms with E-state index < -0.39 is 12.0 Å². The maximum Gasteiger partial charge on any atom is 0.322 e. The third kappa shape index (κ3) is 3.47. The number of hydrogen-bond acceptors (Lipinski definition) is 4. The van der Waals surface area contributed by atoms with Crippen molar-refractivity contribution in [1.29, 1.82) is 0 Å². The van der Waals surface area contributed by atoms with Gasteiger partial charge in [-0.3, -0.25) is 4.79 Å². The zero-order chi connectivity index (χ0) is 11.3. The smallest absolute Gasteiger partial charge is 0.322 e. The monoisotopic (exact) mass is 210 g/mol. The van der Waals surface area contributed by atoms with E-state index in [2.05, 4.69) is 5.32 Å². The van der Waals surface area contributed by atoms with Crippen LogP contribution in [0.2, 0.25) is 0 Å². The molecule has 1 rings (SSSR count). The highest BCUT2D eigenvalue weighted by atomic mass is 16.5. The molecule has 0 fully saturated rings. The van der Waals surface area contributed by atoms with Crippen LogP contribution in [0.15, 0.2) is 24.3 Å². The van der Waals surface area contributed by atoms with Crippen LogP contribution in [-0.4, -0.2) is 30.8 Å². The lowest BCUT2D eigenvalue weighted by Gasteiger charge is -2.09. The first kappa shape index (κ1) is 11.3. The first-order valence-corrected chi connectivity index (χ1v) is 4.50. The molecule has 4 N–H and O–H groups in total. The van der Waals surface area contributed by atoms with Gasteiger partial charge < -0.3 is 20.9 Å². The number of nitrogens with two attached hydrogens (primary N) is 1. The van der Waals surface area contributed by atoms with E-state index in [9.17, 15) is 4.79 Å². The Hall–Kier alpha value is -1.75. The van der Waals surface area contributed by atoms with Crippen LogP contribution in [0.1, 0.15) is 0 Å². The number of benzene rings is 1. The summed E-state index contributed by atoms with van der Waals surface area (Å²) in [5.41, 5.74) is 6.15. The molecule has 1 aromatic carbocycles. The molecule has 0 heterocycles. The Morgan fingerprint density at radius 1 is 1.53 bits per heavy atom. The zero-order valence-electron chi connectivity index (χ0n) is 8.43. The molecule has 0 amide bonds. The molecule has 82 valence electrons. The van der Waals surface area contributed by atoms with Crippen LogP contribution < -0.4 is 15.8 Å². The summed E-state index contributed by atoms with van der Waals surface area (Å²) >= 11 is 0. The van der Waals surface area contributed by atoms with E-state index in [0.29, 0.717) is 0 Å². The Balaban J connectivity index is 2.47. The number of rotatable bonds is 5. The second-order valence-electron chi connectivity index (χ2n) is 3.05. The van der Waals surface area contributed by atoms with Gasteiger partial charge in [-0.15, -0.1) is 0 Å². The number of nitrogens with one attached hydrogen (secondary N) is 1. The van der Waals surface area contributed by atoms with Gasteiger partial charge in [-0.05, 0) is 24.3 Å². The fourth-order valence-corrected chi connectivity index (χ4v) is 1.02. The summed E-state index contributed by atoms with van der Waals surface area (Å²) in [5.74, 6) is -0.265. The third-order valence-corrected chi connectivity index (χ3v) is 1.93. The molecule has 0 aliphatic heterocycles. The summed E-state index contributed by atoms with van der Waals surface area (Å²) in [6, 6.07) is 6.27. The van der Waals surface area contributed by atoms with Gasteiger partial charge in [0.1, 0.15) is 11.8 Å². The molecule has 0 spiro atoms. The average Bonchev–Trinajstić information content (AvgIpc) is 2.26. The normalized spacial score (nSPS) is 11.9. The van der Waals surface area contributed by atoms with Gasteiger partial charge in [0.05, 0.1) is 7.11 Å². The van der Waals surface area contributed by atoms with E-state index in [1.165, 1.54) is 0 Å². The maximum atomic E-state index is 10.4. The molecule has 15 heavy (non-hydrogen) atoms. The van der Waals surface area contributed by atoms with Crippen molar-refractivity contribution in [3.8, 4) is 5.75 Å². The standard InChI is InChI=1S/C10H14N2O3/c1-15-8-4-2-7(3-5-8)12-6-9(11)10(13)14/h2-5,9,12H,6,11H2,1H3,(H,13,14). The molecule has 5 nitrogen and oxygen atoms in total. The van der Waals surface area contributed by atoms with Gasteiger partial charge >= 0.3 is 5.97 Å². The molecule has 0 aliphatic carbocycles. The summed E-state index contributed by atoms with van der Waals surface area (Å²) in [6.07, 6.45) is 0. The molecule has 0 radical (unpaired) electrons. The van der Waals surface area contributed by atoms with E-state index in [4.69, 9.17) is 15.6 Å². The number of anilines is 1. The molecule has 0 aromatic heterocycles. The SMILES string of the molecule is COc1ccc(NCC(N)C(=O)O)cc1. The first-order valence-electron chi connectivity index (χ1n) is 4.50. The Kier molecular flexibility index (Phi) is 3.93. The minimum atomic E-state index is -1.02. The highest BCUT2D eigenvalue weighted by molar-refractivity contribution is 5.74. The second kappa shape index (κ2) is 5.21. The van der Waals surface area contributed by atoms with Gasteiger partial charge in [-0.2, -0.15) is 0 Å². The van der Waals surface area contributed by atoms with Crippen molar-refractivity contribution in [2.24, 2.45) is 5.73 Å². The molecule has 0 saturated carbocycles. The van der Waals surface area contributed by atoms with Gasteiger partial charge in [0, 0.05) is 12.2 Å². The van der Waals surface area contributed by atoms with Crippen molar-refractivity contribution in [3.63, 3.8) is 0 Å². The molecule has 0 saturated heterocycles. The van der Waals surface area contributed by atoms with Gasteiger partial charge in [0.2, 0.25) is 0 Å². The molecule has 0 bridgehead atoms. The molecular formula is C10H14N2O3. The van der Waals surface area contributed by atoms with Crippen molar-refractivity contribution in [3.05, 3.63) is 24.3 Å². The van der Waals surface area contributed by atoms with Crippen LogP contribution >= 0.6 is 0 Å². The van der Waals surface area contributed by atoms with Crippen molar-refractivity contribution in [2.75, 3.05) is 19.0 Å². The second-order valence-corrected chi connectivity index (χ2v) is 3.05. The molecule has 1 aromatic rings. The molecule has 5 heteroatoms. The van der Waals surface area contributed by atoms with Crippen LogP contribution in [0.4, 0.5) is 5.69 Å². The number of carboxylic acid groups (broad SMARTS) is 1. The van der Waals surface area contributed by atoms with Crippen molar-refractivity contribution < 1.29 is 14.6 Å². The van der Waals surface area contributed by atoms with Crippen molar-refractivity contribution in [2.45, 2.75) is 6.04 Å². The predicted octanol–water partition coefficient (Wildman–Crippen LogP) is 0.519. The number of hydrogen-bond donors (Lipinski definition) is 3. The van der Waals surface area contributed by atoms with Crippen molar-refractivity contribution in [1.82, 2.24) is 0 Å². The summed E-state index contributed by atoms with van der Waals surface area (Å²) in [5, 5.41) is 11.5. The molecule has 1 unspecified atom stereocenters. The van der Waals surface area contributed by atoms with Crippen LogP contribution in [0.3, 0.4) is 0 Å². The number of aliphatic carboxylic acids is 1. The van der Waals surface area contributed by atoms with Gasteiger partial charge in [0.15, 0.2) is 0 Å². The Labute approximate surface area is 87.9 Å². The number of carbonyl (C=O) groups is 1. The molecule has 1 atom stereocenters. The van der Waals surface area contributed by atoms with E-state index in [1.54, 1.807) is 31.4 Å². The summed E-state index contributed by atoms with van der Waals surface area (Å²) in [4.78, 5) is 10.4. The number of carboxylic acids is 1. The number of methoxy groups -OCH3 is 1. The Morgan fingerprint density at radius 3 is 2.60 bits per heavy atom. The fourth-order valence-electron chi connectivity index (χ4n) is 1.02. The van der Waals surface area contributed by atoms with Gasteiger partial charge in [-0.25, -0.2) is 0 Å². The summed E-state index contributed by atoms with van der Waals surface area (Å²) in [7, 11) is 1.59. The van der Waals surface area contributed by atoms with Crippen molar-refractivity contribution >= 4 is 11.7 Å². The predicted molar refractivity (Wildman–Crippen MR) is 57.1 cm³/mol. The lowest BCUT2D eigenvalue weighted by molar-refractivity contribution is -0.138. The number of ether oxygens (including phenoxy) is 1. The topological polar surface area (TPSA) is 84.6 Å². The van der Waals surface area contributed by atoms with Crippen LogP contribution in [0.5, 0.6) is 5.75 Å². The highest BCUT2D eigenvalue weighted by Gasteiger charge is 2.10. The van der Waals surface area contributed by atoms with E-state index in [1.807, 2.05) is 0 Å². The Morgan fingerprint density at radius 2 is 2.13 bits per heavy atom. The van der Waals surface area contributed by atoms with E-state index >= 15 is 0 Å². The first-order chi connectivity index (χ1) is 7.13. The minimum Gasteiger partial charge on any atom is -0.497 e. The van der Waals surface area contributed by atoms with E-state index in [-0.39, 0.29) is 6.54 Å². The quantitative estimate of drug-likeness (QED) is 0.659. The van der Waals surface area contributed by atoms with E-state index in [0.717, 1.165) is 11.4 Å². The van der Waals surface area contributed by atoms with Crippen LogP contribution in [0.25, 0.3) is 0 Å². The maximum absolute atomic E-state index is 10.4. The summed E-state index contributed by atoms with van der Waals surface area (Å²) in [6.45, 7) is 0.196. The zero-order valence-corrected chi connectivity index (χ0v) is 8.43. The molecule has 0 aliphatic rings. The Bertz CT molecular complexity index is 324. The highest BCUT2D eigenvalue weighted by Crippen LogP contribution is 2.14. The molecular weight excluding hydrogens is 196 g/mol. The largest absolute Gasteiger partial charge is 0.497 e. The minimum absolute atomic E-state index is 0.196. The van der Waals surface area contributed by atoms with Crippen LogP contribution in [-0.2, 0) is 4.79 Å². The van der Waals surface area contributed by atoms with Gasteiger partial charge in [-0.1, -0.05) is 0 Å². The summed E-state index contributed by atoms with van der Waals surface area (Å²) < 4.78 is 4.99.